The summed E-state index contributed by atoms with van der Waals surface area (Å²) in [6, 6.07) is 24.4. The topological polar surface area (TPSA) is 81.7 Å². The lowest BCUT2D eigenvalue weighted by atomic mass is 10.1. The Morgan fingerprint density at radius 2 is 1.37 bits per heavy atom. The molecular weight excluding hydrogens is 402 g/mol. The minimum atomic E-state index is -3.62. The van der Waals surface area contributed by atoms with E-state index in [4.69, 9.17) is 9.47 Å². The predicted molar refractivity (Wildman–Crippen MR) is 112 cm³/mol. The first-order valence-corrected chi connectivity index (χ1v) is 11.1. The van der Waals surface area contributed by atoms with Gasteiger partial charge in [0.05, 0.1) is 19.6 Å². The Labute approximate surface area is 175 Å². The minimum Gasteiger partial charge on any atom is -0.457 e. The summed E-state index contributed by atoms with van der Waals surface area (Å²) in [4.78, 5) is 11.4. The summed E-state index contributed by atoms with van der Waals surface area (Å²) < 4.78 is 37.5. The maximum Gasteiger partial charge on any atom is 0.242 e. The Hall–Kier alpha value is -3.16. The fraction of sp³-hybridized carbons (Fsp3) is 0.174. The Kier molecular flexibility index (Phi) is 5.83. The summed E-state index contributed by atoms with van der Waals surface area (Å²) in [7, 11) is -3.62. The van der Waals surface area contributed by atoms with Crippen molar-refractivity contribution in [2.45, 2.75) is 24.9 Å². The van der Waals surface area contributed by atoms with Crippen LogP contribution in [0.15, 0.2) is 78.9 Å². The largest absolute Gasteiger partial charge is 0.457 e. The molecule has 1 saturated heterocycles. The van der Waals surface area contributed by atoms with Gasteiger partial charge < -0.3 is 9.47 Å². The van der Waals surface area contributed by atoms with Crippen molar-refractivity contribution in [3.63, 3.8) is 0 Å². The third-order valence-corrected chi connectivity index (χ3v) is 6.49. The van der Waals surface area contributed by atoms with Crippen LogP contribution >= 0.6 is 0 Å². The second kappa shape index (κ2) is 8.69. The summed E-state index contributed by atoms with van der Waals surface area (Å²) in [5.74, 6) is 1.08. The van der Waals surface area contributed by atoms with Gasteiger partial charge in [-0.25, -0.2) is 8.42 Å². The van der Waals surface area contributed by atoms with Crippen LogP contribution in [-0.2, 0) is 32.8 Å². The van der Waals surface area contributed by atoms with Gasteiger partial charge in [0.25, 0.3) is 0 Å². The number of rotatable bonds is 7. The number of carbonyl (C=O) groups excluding carboxylic acids is 1. The van der Waals surface area contributed by atoms with E-state index in [9.17, 15) is 13.2 Å². The molecular formula is C23H21NO5S. The first kappa shape index (κ1) is 20.1. The number of para-hydroxylation sites is 1. The van der Waals surface area contributed by atoms with Gasteiger partial charge in [0.1, 0.15) is 16.7 Å². The van der Waals surface area contributed by atoms with E-state index in [1.165, 1.54) is 0 Å². The van der Waals surface area contributed by atoms with Gasteiger partial charge in [-0.1, -0.05) is 54.6 Å². The molecule has 0 aliphatic carbocycles. The van der Waals surface area contributed by atoms with E-state index in [2.05, 4.69) is 0 Å². The zero-order chi connectivity index (χ0) is 21.0. The smallest absolute Gasteiger partial charge is 0.242 e. The van der Waals surface area contributed by atoms with E-state index in [0.717, 1.165) is 22.6 Å². The molecule has 0 radical (unpaired) electrons. The third kappa shape index (κ3) is 4.87. The van der Waals surface area contributed by atoms with Crippen molar-refractivity contribution < 1.29 is 22.7 Å². The highest BCUT2D eigenvalue weighted by Crippen LogP contribution is 2.30. The van der Waals surface area contributed by atoms with Crippen molar-refractivity contribution in [3.8, 4) is 11.5 Å². The van der Waals surface area contributed by atoms with E-state index < -0.39 is 21.2 Å². The van der Waals surface area contributed by atoms with Crippen molar-refractivity contribution in [2.24, 2.45) is 0 Å². The maximum atomic E-state index is 11.9. The molecule has 6 nitrogen and oxygen atoms in total. The quantitative estimate of drug-likeness (QED) is 0.619. The SMILES string of the molecule is O=C1CC(c2ccc(COCc3ccc(Oc4ccccc4)cc3)cc2)S(=O)(=O)N1. The summed E-state index contributed by atoms with van der Waals surface area (Å²) in [6.45, 7) is 0.847. The molecule has 1 amide bonds. The summed E-state index contributed by atoms with van der Waals surface area (Å²) in [5.41, 5.74) is 2.55. The molecule has 0 saturated carbocycles. The number of carbonyl (C=O) groups is 1. The first-order valence-electron chi connectivity index (χ1n) is 9.52. The zero-order valence-electron chi connectivity index (χ0n) is 16.2. The highest BCUT2D eigenvalue weighted by Gasteiger charge is 2.37. The highest BCUT2D eigenvalue weighted by atomic mass is 32.2. The molecule has 0 bridgehead atoms. The molecule has 154 valence electrons. The number of hydrogen-bond acceptors (Lipinski definition) is 5. The average molecular weight is 423 g/mol. The molecule has 4 rings (SSSR count). The van der Waals surface area contributed by atoms with Crippen LogP contribution in [0.2, 0.25) is 0 Å². The molecule has 3 aromatic carbocycles. The molecule has 1 N–H and O–H groups in total. The third-order valence-electron chi connectivity index (χ3n) is 4.79. The van der Waals surface area contributed by atoms with Crippen LogP contribution in [-0.4, -0.2) is 14.3 Å². The van der Waals surface area contributed by atoms with Gasteiger partial charge in [0, 0.05) is 0 Å². The number of nitrogens with one attached hydrogen (secondary N) is 1. The Balaban J connectivity index is 1.29. The van der Waals surface area contributed by atoms with E-state index in [-0.39, 0.29) is 6.42 Å². The molecule has 1 atom stereocenters. The normalized spacial score (nSPS) is 17.5. The van der Waals surface area contributed by atoms with Gasteiger partial charge >= 0.3 is 0 Å². The number of ether oxygens (including phenoxy) is 2. The van der Waals surface area contributed by atoms with Crippen molar-refractivity contribution in [2.75, 3.05) is 0 Å². The second-order valence-electron chi connectivity index (χ2n) is 7.06. The maximum absolute atomic E-state index is 11.9. The van der Waals surface area contributed by atoms with Gasteiger partial charge in [0.15, 0.2) is 0 Å². The van der Waals surface area contributed by atoms with Crippen LogP contribution < -0.4 is 9.46 Å². The van der Waals surface area contributed by atoms with Crippen LogP contribution in [0.4, 0.5) is 0 Å². The Morgan fingerprint density at radius 1 is 0.800 bits per heavy atom. The number of hydrogen-bond donors (Lipinski definition) is 1. The number of sulfonamides is 1. The average Bonchev–Trinajstić information content (AvgIpc) is 3.02. The van der Waals surface area contributed by atoms with E-state index in [1.807, 2.05) is 71.5 Å². The van der Waals surface area contributed by atoms with Crippen molar-refractivity contribution in [3.05, 3.63) is 95.6 Å². The monoisotopic (exact) mass is 423 g/mol. The van der Waals surface area contributed by atoms with E-state index in [1.54, 1.807) is 12.1 Å². The van der Waals surface area contributed by atoms with Gasteiger partial charge in [-0.2, -0.15) is 0 Å². The fourth-order valence-corrected chi connectivity index (χ4v) is 4.67. The number of amides is 1. The van der Waals surface area contributed by atoms with Crippen molar-refractivity contribution in [1.29, 1.82) is 0 Å². The molecule has 7 heteroatoms. The summed E-state index contributed by atoms with van der Waals surface area (Å²) in [6.07, 6.45) is -0.0395. The van der Waals surface area contributed by atoms with Gasteiger partial charge in [-0.05, 0) is 41.0 Å². The van der Waals surface area contributed by atoms with Crippen LogP contribution in [0, 0.1) is 0 Å². The van der Waals surface area contributed by atoms with Crippen molar-refractivity contribution >= 4 is 15.9 Å². The standard InChI is InChI=1S/C23H21NO5S/c25-23-14-22(30(26,27)24-23)19-10-6-17(7-11-19)15-28-16-18-8-12-21(13-9-18)29-20-4-2-1-3-5-20/h1-13,22H,14-16H2,(H,24,25). The molecule has 0 spiro atoms. The van der Waals surface area contributed by atoms with Gasteiger partial charge in [-0.3, -0.25) is 9.52 Å². The zero-order valence-corrected chi connectivity index (χ0v) is 17.0. The van der Waals surface area contributed by atoms with Crippen LogP contribution in [0.5, 0.6) is 11.5 Å². The molecule has 1 unspecified atom stereocenters. The summed E-state index contributed by atoms with van der Waals surface area (Å²) >= 11 is 0. The van der Waals surface area contributed by atoms with Crippen molar-refractivity contribution in [1.82, 2.24) is 4.72 Å². The molecule has 0 aromatic heterocycles. The number of benzene rings is 3. The van der Waals surface area contributed by atoms with Crippen LogP contribution in [0.1, 0.15) is 28.4 Å². The van der Waals surface area contributed by atoms with Gasteiger partial charge in [-0.15, -0.1) is 0 Å². The second-order valence-corrected chi connectivity index (χ2v) is 8.92. The molecule has 1 aliphatic heterocycles. The van der Waals surface area contributed by atoms with E-state index >= 15 is 0 Å². The molecule has 1 heterocycles. The van der Waals surface area contributed by atoms with Crippen LogP contribution in [0.3, 0.4) is 0 Å². The van der Waals surface area contributed by atoms with Gasteiger partial charge in [0.2, 0.25) is 15.9 Å². The molecule has 30 heavy (non-hydrogen) atoms. The molecule has 1 aliphatic rings. The van der Waals surface area contributed by atoms with Crippen LogP contribution in [0.25, 0.3) is 0 Å². The lowest BCUT2D eigenvalue weighted by Crippen LogP contribution is -2.21. The molecule has 1 fully saturated rings. The highest BCUT2D eigenvalue weighted by molar-refractivity contribution is 7.90. The lowest BCUT2D eigenvalue weighted by Gasteiger charge is -2.10. The first-order chi connectivity index (χ1) is 14.5. The Bertz CT molecular complexity index is 1110. The minimum absolute atomic E-state index is 0.0395. The lowest BCUT2D eigenvalue weighted by molar-refractivity contribution is -0.118. The molecule has 3 aromatic rings. The fourth-order valence-electron chi connectivity index (χ4n) is 3.24. The van der Waals surface area contributed by atoms with E-state index in [0.29, 0.717) is 18.8 Å². The summed E-state index contributed by atoms with van der Waals surface area (Å²) in [5, 5.41) is -0.823. The Morgan fingerprint density at radius 3 is 1.93 bits per heavy atom. The predicted octanol–water partition coefficient (Wildman–Crippen LogP) is 4.09.